The topological polar surface area (TPSA) is 170 Å². The Kier molecular flexibility index (Phi) is 10.3. The maximum atomic E-state index is 13.2. The van der Waals surface area contributed by atoms with Crippen molar-refractivity contribution < 1.29 is 38.2 Å². The zero-order valence-electron chi connectivity index (χ0n) is 33.0. The van der Waals surface area contributed by atoms with Gasteiger partial charge in [0.25, 0.3) is 17.4 Å². The summed E-state index contributed by atoms with van der Waals surface area (Å²) in [6, 6.07) is 9.47. The Bertz CT molecular complexity index is 2390. The summed E-state index contributed by atoms with van der Waals surface area (Å²) in [5.74, 6) is -0.427. The van der Waals surface area contributed by atoms with Crippen molar-refractivity contribution in [2.24, 2.45) is 12.5 Å². The molecule has 2 aromatic carbocycles. The number of hydrogen-bond donors (Lipinski definition) is 1. The smallest absolute Gasteiger partial charge is 0.262 e. The van der Waals surface area contributed by atoms with E-state index in [1.54, 1.807) is 70.0 Å². The van der Waals surface area contributed by atoms with Crippen molar-refractivity contribution in [3.05, 3.63) is 82.0 Å². The highest BCUT2D eigenvalue weighted by Gasteiger charge is 2.53. The molecule has 1 aliphatic carbocycles. The van der Waals surface area contributed by atoms with E-state index in [1.165, 1.54) is 4.57 Å². The molecule has 2 saturated heterocycles. The monoisotopic (exact) mass is 790 g/mol. The molecule has 8 rings (SSSR count). The van der Waals surface area contributed by atoms with E-state index < -0.39 is 29.7 Å². The van der Waals surface area contributed by atoms with Gasteiger partial charge in [-0.3, -0.25) is 44.0 Å². The van der Waals surface area contributed by atoms with Gasteiger partial charge >= 0.3 is 0 Å². The molecule has 58 heavy (non-hydrogen) atoms. The molecule has 15 heteroatoms. The van der Waals surface area contributed by atoms with Gasteiger partial charge < -0.3 is 28.6 Å². The number of nitrogens with zero attached hydrogens (tertiary/aromatic N) is 5. The van der Waals surface area contributed by atoms with Crippen LogP contribution in [0, 0.1) is 5.41 Å². The first-order valence-electron chi connectivity index (χ1n) is 19.6. The van der Waals surface area contributed by atoms with Crippen molar-refractivity contribution in [3.63, 3.8) is 0 Å². The summed E-state index contributed by atoms with van der Waals surface area (Å²) >= 11 is 0. The van der Waals surface area contributed by atoms with Gasteiger partial charge in [-0.15, -0.1) is 0 Å². The lowest BCUT2D eigenvalue weighted by molar-refractivity contribution is -0.136. The number of benzene rings is 2. The van der Waals surface area contributed by atoms with E-state index in [2.05, 4.69) is 15.2 Å². The Morgan fingerprint density at radius 2 is 1.66 bits per heavy atom. The molecular formula is C43H46N6O9. The lowest BCUT2D eigenvalue weighted by Gasteiger charge is -2.58. The number of pyridine rings is 2. The second kappa shape index (κ2) is 15.3. The molecule has 302 valence electrons. The third-order valence-electron chi connectivity index (χ3n) is 12.0. The molecule has 5 amide bonds. The highest BCUT2D eigenvalue weighted by molar-refractivity contribution is 6.23. The minimum absolute atomic E-state index is 0.00579. The van der Waals surface area contributed by atoms with Crippen LogP contribution < -0.4 is 25.1 Å². The molecule has 15 nitrogen and oxygen atoms in total. The van der Waals surface area contributed by atoms with Crippen LogP contribution >= 0.6 is 0 Å². The molecule has 1 spiro atoms. The van der Waals surface area contributed by atoms with Crippen molar-refractivity contribution in [1.29, 1.82) is 0 Å². The summed E-state index contributed by atoms with van der Waals surface area (Å²) < 4.78 is 19.4. The van der Waals surface area contributed by atoms with Crippen LogP contribution in [0.2, 0.25) is 0 Å². The van der Waals surface area contributed by atoms with Crippen molar-refractivity contribution >= 4 is 40.3 Å². The highest BCUT2D eigenvalue weighted by Crippen LogP contribution is 2.50. The molecule has 0 bridgehead atoms. The number of likely N-dealkylation sites (tertiary alicyclic amines) is 1. The van der Waals surface area contributed by atoms with Gasteiger partial charge in [0.15, 0.2) is 0 Å². The van der Waals surface area contributed by atoms with Gasteiger partial charge in [0.1, 0.15) is 23.3 Å². The van der Waals surface area contributed by atoms with E-state index in [-0.39, 0.29) is 47.0 Å². The molecule has 0 radical (unpaired) electrons. The number of rotatable bonds is 13. The number of nitrogens with one attached hydrogen (secondary N) is 1. The predicted octanol–water partition coefficient (Wildman–Crippen LogP) is 3.69. The zero-order valence-corrected chi connectivity index (χ0v) is 33.0. The Hall–Kier alpha value is -6.09. The van der Waals surface area contributed by atoms with E-state index in [4.69, 9.17) is 14.2 Å². The first-order chi connectivity index (χ1) is 27.9. The van der Waals surface area contributed by atoms with Crippen molar-refractivity contribution in [2.45, 2.75) is 63.6 Å². The summed E-state index contributed by atoms with van der Waals surface area (Å²) in [6.45, 7) is 3.16. The third kappa shape index (κ3) is 7.07. The molecule has 4 aromatic rings. The van der Waals surface area contributed by atoms with Gasteiger partial charge in [-0.05, 0) is 86.0 Å². The molecule has 1 unspecified atom stereocenters. The molecule has 2 aromatic heterocycles. The summed E-state index contributed by atoms with van der Waals surface area (Å²) in [4.78, 5) is 85.3. The van der Waals surface area contributed by atoms with Crippen LogP contribution in [0.3, 0.4) is 0 Å². The standard InChI is InChI=1S/C43H46N6O9/c1-46(22-33-35(56-3)15-25(16-36(33)57-4)32-21-47(2)40(53)31-20-44-13-12-28(31)32)38(51)7-5-6-14-48-23-43(24-48)18-27(19-43)58-26-8-9-29-30(17-26)42(55)49(41(29)54)34-10-11-37(50)45-39(34)52/h8-9,12-13,15-17,20-21,27,34H,5-7,10-11,14,18-19,22-24H2,1-4H3,(H,45,50,52). The summed E-state index contributed by atoms with van der Waals surface area (Å²) in [5, 5.41) is 3.50. The minimum atomic E-state index is -1.00. The van der Waals surface area contributed by atoms with E-state index >= 15 is 0 Å². The average Bonchev–Trinajstić information content (AvgIpc) is 3.43. The van der Waals surface area contributed by atoms with Crippen LogP contribution in [0.5, 0.6) is 17.2 Å². The molecule has 1 saturated carbocycles. The maximum absolute atomic E-state index is 13.2. The number of fused-ring (bicyclic) bond motifs is 2. The first-order valence-corrected chi connectivity index (χ1v) is 19.6. The number of carbonyl (C=O) groups excluding carboxylic acids is 5. The number of imide groups is 2. The summed E-state index contributed by atoms with van der Waals surface area (Å²) in [6.07, 6.45) is 9.09. The van der Waals surface area contributed by atoms with Gasteiger partial charge in [0, 0.05) is 69.6 Å². The van der Waals surface area contributed by atoms with Gasteiger partial charge in [-0.25, -0.2) is 0 Å². The second-order valence-corrected chi connectivity index (χ2v) is 16.0. The lowest BCUT2D eigenvalue weighted by Crippen LogP contribution is -2.64. The highest BCUT2D eigenvalue weighted by atomic mass is 16.5. The number of aryl methyl sites for hydroxylation is 1. The molecule has 3 fully saturated rings. The molecule has 1 N–H and O–H groups in total. The van der Waals surface area contributed by atoms with Gasteiger partial charge in [0.05, 0.1) is 48.9 Å². The van der Waals surface area contributed by atoms with Crippen LogP contribution in [0.4, 0.5) is 0 Å². The number of carbonyl (C=O) groups is 5. The fraction of sp³-hybridized carbons (Fsp3) is 0.419. The normalized spacial score (nSPS) is 18.8. The van der Waals surface area contributed by atoms with E-state index in [9.17, 15) is 28.8 Å². The quantitative estimate of drug-likeness (QED) is 0.155. The zero-order chi connectivity index (χ0) is 40.9. The number of piperidine rings is 1. The Morgan fingerprint density at radius 1 is 0.931 bits per heavy atom. The number of unbranched alkanes of at least 4 members (excludes halogenated alkanes) is 1. The number of amides is 5. The van der Waals surface area contributed by atoms with E-state index in [0.29, 0.717) is 35.6 Å². The van der Waals surface area contributed by atoms with Crippen molar-refractivity contribution in [1.82, 2.24) is 29.6 Å². The fourth-order valence-corrected chi connectivity index (χ4v) is 8.99. The van der Waals surface area contributed by atoms with E-state index in [1.807, 2.05) is 18.2 Å². The van der Waals surface area contributed by atoms with Crippen LogP contribution in [-0.4, -0.2) is 107 Å². The second-order valence-electron chi connectivity index (χ2n) is 16.0. The van der Waals surface area contributed by atoms with E-state index in [0.717, 1.165) is 72.3 Å². The fourth-order valence-electron chi connectivity index (χ4n) is 8.99. The van der Waals surface area contributed by atoms with Gasteiger partial charge in [-0.1, -0.05) is 0 Å². The number of hydrogen-bond acceptors (Lipinski definition) is 11. The number of aromatic nitrogens is 2. The minimum Gasteiger partial charge on any atom is -0.496 e. The Balaban J connectivity index is 0.787. The van der Waals surface area contributed by atoms with Gasteiger partial charge in [-0.2, -0.15) is 0 Å². The first kappa shape index (κ1) is 38.8. The number of methoxy groups -OCH3 is 2. The van der Waals surface area contributed by atoms with Crippen molar-refractivity contribution in [2.75, 3.05) is 40.9 Å². The molecule has 3 aliphatic heterocycles. The molecular weight excluding hydrogens is 745 g/mol. The maximum Gasteiger partial charge on any atom is 0.262 e. The van der Waals surface area contributed by atoms with Crippen molar-refractivity contribution in [3.8, 4) is 28.4 Å². The third-order valence-corrected chi connectivity index (χ3v) is 12.0. The molecule has 4 aliphatic rings. The van der Waals surface area contributed by atoms with Crippen LogP contribution in [0.15, 0.2) is 59.8 Å². The van der Waals surface area contributed by atoms with Crippen LogP contribution in [0.25, 0.3) is 21.9 Å². The summed E-state index contributed by atoms with van der Waals surface area (Å²) in [7, 11) is 6.67. The average molecular weight is 791 g/mol. The Labute approximate surface area is 334 Å². The predicted molar refractivity (Wildman–Crippen MR) is 211 cm³/mol. The lowest BCUT2D eigenvalue weighted by atomic mass is 9.61. The van der Waals surface area contributed by atoms with Crippen LogP contribution in [0.1, 0.15) is 71.2 Å². The molecule has 5 heterocycles. The molecule has 1 atom stereocenters. The Morgan fingerprint density at radius 3 is 2.36 bits per heavy atom. The van der Waals surface area contributed by atoms with Gasteiger partial charge in [0.2, 0.25) is 17.7 Å². The largest absolute Gasteiger partial charge is 0.496 e. The number of ether oxygens (including phenoxy) is 3. The summed E-state index contributed by atoms with van der Waals surface area (Å²) in [5.41, 5.74) is 2.92. The van der Waals surface area contributed by atoms with Crippen LogP contribution in [-0.2, 0) is 28.0 Å². The SMILES string of the molecule is COc1cc(-c2cn(C)c(=O)c3cnccc23)cc(OC)c1CN(C)C(=O)CCCCN1CC2(CC(Oc3ccc4c(c3)C(=O)N(C3CCC(=O)NC3=O)C4=O)C2)C1.